The van der Waals surface area contributed by atoms with Gasteiger partial charge in [-0.3, -0.25) is 4.79 Å². The van der Waals surface area contributed by atoms with Crippen LogP contribution in [0.1, 0.15) is 24.8 Å². The Morgan fingerprint density at radius 1 is 1.22 bits per heavy atom. The number of carbonyl (C=O) groups excluding carboxylic acids is 1. The van der Waals surface area contributed by atoms with Crippen molar-refractivity contribution in [3.8, 4) is 0 Å². The summed E-state index contributed by atoms with van der Waals surface area (Å²) in [6, 6.07) is 8.37. The van der Waals surface area contributed by atoms with E-state index < -0.39 is 0 Å². The van der Waals surface area contributed by atoms with Crippen LogP contribution in [-0.2, 0) is 10.2 Å². The molecule has 18 heavy (non-hydrogen) atoms. The Morgan fingerprint density at radius 2 is 1.89 bits per heavy atom. The van der Waals surface area contributed by atoms with Crippen molar-refractivity contribution in [1.82, 2.24) is 5.32 Å². The number of piperidine rings is 1. The molecule has 2 aliphatic heterocycles. The van der Waals surface area contributed by atoms with Crippen LogP contribution in [0.15, 0.2) is 24.3 Å². The molecule has 4 heteroatoms. The molecule has 0 aromatic heterocycles. The molecule has 98 valence electrons. The van der Waals surface area contributed by atoms with E-state index in [9.17, 15) is 4.79 Å². The predicted molar refractivity (Wildman–Crippen MR) is 75.5 cm³/mol. The van der Waals surface area contributed by atoms with Gasteiger partial charge in [0.2, 0.25) is 5.91 Å². The first-order valence-electron chi connectivity index (χ1n) is 6.30. The van der Waals surface area contributed by atoms with E-state index in [0.29, 0.717) is 6.42 Å². The van der Waals surface area contributed by atoms with Crippen LogP contribution in [0, 0.1) is 0 Å². The van der Waals surface area contributed by atoms with Gasteiger partial charge in [-0.15, -0.1) is 12.4 Å². The highest BCUT2D eigenvalue weighted by Gasteiger charge is 2.42. The molecule has 2 heterocycles. The van der Waals surface area contributed by atoms with Crippen LogP contribution in [0.3, 0.4) is 0 Å². The van der Waals surface area contributed by atoms with Gasteiger partial charge >= 0.3 is 0 Å². The quantitative estimate of drug-likeness (QED) is 0.780. The minimum Gasteiger partial charge on any atom is -0.317 e. The van der Waals surface area contributed by atoms with E-state index in [-0.39, 0.29) is 23.7 Å². The first-order chi connectivity index (χ1) is 8.23. The first-order valence-corrected chi connectivity index (χ1v) is 6.30. The summed E-state index contributed by atoms with van der Waals surface area (Å²) >= 11 is 0. The number of halogens is 1. The third-order valence-electron chi connectivity index (χ3n) is 4.26. The summed E-state index contributed by atoms with van der Waals surface area (Å²) in [5.74, 6) is 0.255. The van der Waals surface area contributed by atoms with Crippen LogP contribution in [0.2, 0.25) is 0 Å². The maximum Gasteiger partial charge on any atom is 0.227 e. The third-order valence-corrected chi connectivity index (χ3v) is 4.26. The van der Waals surface area contributed by atoms with Crippen molar-refractivity contribution in [1.29, 1.82) is 0 Å². The summed E-state index contributed by atoms with van der Waals surface area (Å²) in [5, 5.41) is 3.39. The lowest BCUT2D eigenvalue weighted by atomic mass is 9.68. The van der Waals surface area contributed by atoms with Crippen LogP contribution in [-0.4, -0.2) is 26.0 Å². The average molecular weight is 267 g/mol. The second-order valence-electron chi connectivity index (χ2n) is 5.18. The summed E-state index contributed by atoms with van der Waals surface area (Å²) in [7, 11) is 1.88. The molecule has 0 bridgehead atoms. The molecule has 0 atom stereocenters. The van der Waals surface area contributed by atoms with Crippen LogP contribution in [0.25, 0.3) is 0 Å². The minimum atomic E-state index is 0. The largest absolute Gasteiger partial charge is 0.317 e. The van der Waals surface area contributed by atoms with Gasteiger partial charge in [0.25, 0.3) is 0 Å². The van der Waals surface area contributed by atoms with Crippen LogP contribution >= 0.6 is 12.4 Å². The van der Waals surface area contributed by atoms with Crippen molar-refractivity contribution in [2.24, 2.45) is 0 Å². The monoisotopic (exact) mass is 266 g/mol. The number of benzene rings is 1. The smallest absolute Gasteiger partial charge is 0.227 e. The molecule has 1 amide bonds. The molecule has 3 nitrogen and oxygen atoms in total. The Balaban J connectivity index is 0.00000120. The number of rotatable bonds is 0. The number of amides is 1. The van der Waals surface area contributed by atoms with E-state index in [1.165, 1.54) is 5.56 Å². The summed E-state index contributed by atoms with van der Waals surface area (Å²) in [6.45, 7) is 2.04. The first kappa shape index (κ1) is 13.4. The van der Waals surface area contributed by atoms with Gasteiger partial charge in [-0.25, -0.2) is 0 Å². The van der Waals surface area contributed by atoms with Crippen molar-refractivity contribution < 1.29 is 4.79 Å². The van der Waals surface area contributed by atoms with Crippen LogP contribution in [0.4, 0.5) is 5.69 Å². The van der Waals surface area contributed by atoms with Crippen molar-refractivity contribution in [2.45, 2.75) is 24.7 Å². The van der Waals surface area contributed by atoms with Gasteiger partial charge in [-0.1, -0.05) is 18.2 Å². The summed E-state index contributed by atoms with van der Waals surface area (Å²) in [6.07, 6.45) is 2.81. The Hall–Kier alpha value is -1.06. The fourth-order valence-corrected chi connectivity index (χ4v) is 3.20. The Labute approximate surface area is 114 Å². The molecule has 1 aromatic carbocycles. The molecule has 1 N–H and O–H groups in total. The SMILES string of the molecule is CN1C(=O)CC2(CCNCC2)c2ccccc21.Cl. The molecule has 0 saturated carbocycles. The second-order valence-corrected chi connectivity index (χ2v) is 5.18. The number of fused-ring (bicyclic) bond motifs is 2. The Bertz CT molecular complexity index is 455. The van der Waals surface area contributed by atoms with Crippen molar-refractivity contribution in [2.75, 3.05) is 25.0 Å². The Morgan fingerprint density at radius 3 is 2.61 bits per heavy atom. The molecule has 0 unspecified atom stereocenters. The van der Waals surface area contributed by atoms with Crippen LogP contribution in [0.5, 0.6) is 0 Å². The molecular weight excluding hydrogens is 248 g/mol. The van der Waals surface area contributed by atoms with E-state index in [4.69, 9.17) is 0 Å². The predicted octanol–water partition coefficient (Wildman–Crippen LogP) is 2.10. The molecule has 2 aliphatic rings. The minimum absolute atomic E-state index is 0. The van der Waals surface area contributed by atoms with E-state index in [0.717, 1.165) is 31.6 Å². The highest BCUT2D eigenvalue weighted by atomic mass is 35.5. The lowest BCUT2D eigenvalue weighted by Gasteiger charge is -2.44. The lowest BCUT2D eigenvalue weighted by Crippen LogP contribution is -2.48. The molecular formula is C14H19ClN2O. The number of nitrogens with one attached hydrogen (secondary N) is 1. The van der Waals surface area contributed by atoms with Gasteiger partial charge in [0, 0.05) is 24.6 Å². The van der Waals surface area contributed by atoms with E-state index in [1.807, 2.05) is 18.0 Å². The lowest BCUT2D eigenvalue weighted by molar-refractivity contribution is -0.120. The third kappa shape index (κ3) is 1.91. The number of hydrogen-bond donors (Lipinski definition) is 1. The topological polar surface area (TPSA) is 32.3 Å². The summed E-state index contributed by atoms with van der Waals surface area (Å²) in [4.78, 5) is 13.9. The summed E-state index contributed by atoms with van der Waals surface area (Å²) in [5.41, 5.74) is 2.56. The molecule has 3 rings (SSSR count). The van der Waals surface area contributed by atoms with Crippen molar-refractivity contribution in [3.63, 3.8) is 0 Å². The fourth-order valence-electron chi connectivity index (χ4n) is 3.20. The molecule has 1 aromatic rings. The van der Waals surface area contributed by atoms with Gasteiger partial charge in [0.15, 0.2) is 0 Å². The van der Waals surface area contributed by atoms with E-state index in [1.54, 1.807) is 0 Å². The maximum absolute atomic E-state index is 12.1. The number of anilines is 1. The van der Waals surface area contributed by atoms with Crippen molar-refractivity contribution >= 4 is 24.0 Å². The zero-order valence-corrected chi connectivity index (χ0v) is 11.4. The standard InChI is InChI=1S/C14H18N2O.ClH/c1-16-12-5-3-2-4-11(12)14(10-13(16)17)6-8-15-9-7-14;/h2-5,15H,6-10H2,1H3;1H. The van der Waals surface area contributed by atoms with Gasteiger partial charge in [0.05, 0.1) is 0 Å². The fraction of sp³-hybridized carbons (Fsp3) is 0.500. The normalized spacial score (nSPS) is 21.4. The molecule has 1 spiro atoms. The Kier molecular flexibility index (Phi) is 3.64. The molecule has 1 saturated heterocycles. The van der Waals surface area contributed by atoms with Gasteiger partial charge in [0.1, 0.15) is 0 Å². The highest BCUT2D eigenvalue weighted by molar-refractivity contribution is 5.97. The van der Waals surface area contributed by atoms with E-state index >= 15 is 0 Å². The molecule has 1 fully saturated rings. The van der Waals surface area contributed by atoms with Crippen LogP contribution < -0.4 is 10.2 Å². The zero-order valence-electron chi connectivity index (χ0n) is 10.6. The van der Waals surface area contributed by atoms with Gasteiger partial charge in [-0.05, 0) is 37.6 Å². The number of hydrogen-bond acceptors (Lipinski definition) is 2. The maximum atomic E-state index is 12.1. The molecule has 0 radical (unpaired) electrons. The van der Waals surface area contributed by atoms with Gasteiger partial charge in [-0.2, -0.15) is 0 Å². The molecule has 0 aliphatic carbocycles. The summed E-state index contributed by atoms with van der Waals surface area (Å²) < 4.78 is 0. The number of para-hydroxylation sites is 1. The average Bonchev–Trinajstić information content (AvgIpc) is 2.38. The van der Waals surface area contributed by atoms with Gasteiger partial charge < -0.3 is 10.2 Å². The highest BCUT2D eigenvalue weighted by Crippen LogP contribution is 2.45. The zero-order chi connectivity index (χ0) is 11.9. The van der Waals surface area contributed by atoms with E-state index in [2.05, 4.69) is 23.5 Å². The van der Waals surface area contributed by atoms with Crippen molar-refractivity contribution in [3.05, 3.63) is 29.8 Å². The number of nitrogens with zero attached hydrogens (tertiary/aromatic N) is 1. The second kappa shape index (κ2) is 4.90. The number of carbonyl (C=O) groups is 1.